The van der Waals surface area contributed by atoms with Crippen LogP contribution in [0.25, 0.3) is 11.0 Å². The van der Waals surface area contributed by atoms with Crippen molar-refractivity contribution in [2.24, 2.45) is 0 Å². The third kappa shape index (κ3) is 3.92. The van der Waals surface area contributed by atoms with E-state index in [0.29, 0.717) is 17.4 Å². The van der Waals surface area contributed by atoms with Gasteiger partial charge in [0.25, 0.3) is 0 Å². The maximum atomic E-state index is 12.1. The molecular formula is C17H19NO6. The smallest absolute Gasteiger partial charge is 0.340 e. The molecule has 1 heterocycles. The number of aliphatic carboxylic acids is 1. The summed E-state index contributed by atoms with van der Waals surface area (Å²) in [4.78, 5) is 34.5. The number of rotatable bonds is 6. The average molecular weight is 333 g/mol. The predicted octanol–water partition coefficient (Wildman–Crippen LogP) is 1.64. The summed E-state index contributed by atoms with van der Waals surface area (Å²) in [6.45, 7) is 3.64. The summed E-state index contributed by atoms with van der Waals surface area (Å²) < 4.78 is 5.22. The Morgan fingerprint density at radius 3 is 2.62 bits per heavy atom. The van der Waals surface area contributed by atoms with Gasteiger partial charge in [-0.1, -0.05) is 0 Å². The van der Waals surface area contributed by atoms with Crippen LogP contribution in [0.2, 0.25) is 0 Å². The van der Waals surface area contributed by atoms with E-state index in [-0.39, 0.29) is 36.3 Å². The first kappa shape index (κ1) is 17.5. The lowest BCUT2D eigenvalue weighted by atomic mass is 10.0. The van der Waals surface area contributed by atoms with Crippen molar-refractivity contribution in [3.05, 3.63) is 39.2 Å². The van der Waals surface area contributed by atoms with Crippen LogP contribution in [-0.4, -0.2) is 28.6 Å². The molecule has 0 atom stereocenters. The van der Waals surface area contributed by atoms with Crippen LogP contribution < -0.4 is 10.9 Å². The van der Waals surface area contributed by atoms with Gasteiger partial charge in [0.1, 0.15) is 11.3 Å². The van der Waals surface area contributed by atoms with E-state index in [4.69, 9.17) is 9.52 Å². The molecule has 2 aromatic rings. The molecule has 1 amide bonds. The molecule has 128 valence electrons. The van der Waals surface area contributed by atoms with Crippen molar-refractivity contribution >= 4 is 22.8 Å². The Morgan fingerprint density at radius 2 is 1.96 bits per heavy atom. The second-order valence-electron chi connectivity index (χ2n) is 5.67. The van der Waals surface area contributed by atoms with Crippen molar-refractivity contribution in [3.63, 3.8) is 0 Å². The highest BCUT2D eigenvalue weighted by Gasteiger charge is 2.17. The van der Waals surface area contributed by atoms with Crippen molar-refractivity contribution in [3.8, 4) is 5.75 Å². The van der Waals surface area contributed by atoms with Gasteiger partial charge < -0.3 is 19.9 Å². The van der Waals surface area contributed by atoms with Crippen LogP contribution in [0.4, 0.5) is 0 Å². The lowest BCUT2D eigenvalue weighted by Gasteiger charge is -2.10. The minimum atomic E-state index is -0.930. The van der Waals surface area contributed by atoms with Gasteiger partial charge in [-0.25, -0.2) is 4.79 Å². The van der Waals surface area contributed by atoms with E-state index in [1.807, 2.05) is 0 Å². The van der Waals surface area contributed by atoms with Crippen LogP contribution in [-0.2, 0) is 16.0 Å². The molecule has 0 aliphatic rings. The molecular weight excluding hydrogens is 314 g/mol. The van der Waals surface area contributed by atoms with E-state index in [1.165, 1.54) is 0 Å². The van der Waals surface area contributed by atoms with E-state index in [1.54, 1.807) is 26.0 Å². The monoisotopic (exact) mass is 333 g/mol. The van der Waals surface area contributed by atoms with Crippen LogP contribution in [0.1, 0.15) is 29.5 Å². The summed E-state index contributed by atoms with van der Waals surface area (Å²) in [7, 11) is 0. The Hall–Kier alpha value is -2.83. The number of phenols is 1. The van der Waals surface area contributed by atoms with Crippen molar-refractivity contribution in [2.75, 3.05) is 6.54 Å². The summed E-state index contributed by atoms with van der Waals surface area (Å²) >= 11 is 0. The summed E-state index contributed by atoms with van der Waals surface area (Å²) in [6, 6.07) is 3.21. The van der Waals surface area contributed by atoms with Gasteiger partial charge in [-0.05, 0) is 43.5 Å². The Labute approximate surface area is 137 Å². The van der Waals surface area contributed by atoms with Crippen molar-refractivity contribution < 1.29 is 24.2 Å². The number of carbonyl (C=O) groups excluding carboxylic acids is 1. The molecule has 0 aliphatic heterocycles. The second-order valence-corrected chi connectivity index (χ2v) is 5.67. The maximum Gasteiger partial charge on any atom is 0.340 e. The fraction of sp³-hybridized carbons (Fsp3) is 0.353. The number of carbonyl (C=O) groups is 2. The van der Waals surface area contributed by atoms with Gasteiger partial charge in [0.2, 0.25) is 5.91 Å². The van der Waals surface area contributed by atoms with Gasteiger partial charge in [0.05, 0.1) is 17.4 Å². The summed E-state index contributed by atoms with van der Waals surface area (Å²) in [5, 5.41) is 21.6. The van der Waals surface area contributed by atoms with E-state index in [2.05, 4.69) is 5.32 Å². The number of nitrogens with one attached hydrogen (secondary N) is 1. The number of aryl methyl sites for hydroxylation is 2. The fourth-order valence-corrected chi connectivity index (χ4v) is 2.55. The van der Waals surface area contributed by atoms with Crippen LogP contribution in [0, 0.1) is 13.8 Å². The molecule has 0 fully saturated rings. The molecule has 1 aromatic heterocycles. The molecule has 7 nitrogen and oxygen atoms in total. The molecule has 0 spiro atoms. The number of phenolic OH excluding ortho intramolecular Hbond substituents is 1. The zero-order valence-electron chi connectivity index (χ0n) is 13.5. The normalized spacial score (nSPS) is 10.8. The van der Waals surface area contributed by atoms with Crippen LogP contribution in [0.3, 0.4) is 0 Å². The first-order chi connectivity index (χ1) is 11.3. The number of benzene rings is 1. The van der Waals surface area contributed by atoms with Gasteiger partial charge in [-0.15, -0.1) is 0 Å². The number of amides is 1. The fourth-order valence-electron chi connectivity index (χ4n) is 2.55. The zero-order chi connectivity index (χ0) is 17.9. The Kier molecular flexibility index (Phi) is 5.23. The van der Waals surface area contributed by atoms with Crippen molar-refractivity contribution in [1.29, 1.82) is 0 Å². The summed E-state index contributed by atoms with van der Waals surface area (Å²) in [5.74, 6) is -1.34. The zero-order valence-corrected chi connectivity index (χ0v) is 13.5. The van der Waals surface area contributed by atoms with Gasteiger partial charge in [-0.3, -0.25) is 9.59 Å². The largest absolute Gasteiger partial charge is 0.507 e. The molecule has 0 saturated heterocycles. The van der Waals surface area contributed by atoms with Crippen LogP contribution in [0.15, 0.2) is 21.3 Å². The summed E-state index contributed by atoms with van der Waals surface area (Å²) in [5.41, 5.74) is 1.09. The molecule has 24 heavy (non-hydrogen) atoms. The van der Waals surface area contributed by atoms with Crippen molar-refractivity contribution in [1.82, 2.24) is 5.32 Å². The second kappa shape index (κ2) is 7.16. The number of carboxylic acids is 1. The van der Waals surface area contributed by atoms with Gasteiger partial charge in [0, 0.05) is 13.0 Å². The molecule has 0 aliphatic carbocycles. The minimum absolute atomic E-state index is 0.00522. The van der Waals surface area contributed by atoms with E-state index >= 15 is 0 Å². The number of aromatic hydroxyl groups is 1. The summed E-state index contributed by atoms with van der Waals surface area (Å²) in [6.07, 6.45) is 0.0849. The van der Waals surface area contributed by atoms with E-state index in [0.717, 1.165) is 5.56 Å². The molecule has 0 unspecified atom stereocenters. The lowest BCUT2D eigenvalue weighted by Crippen LogP contribution is -2.28. The van der Waals surface area contributed by atoms with E-state index < -0.39 is 17.5 Å². The van der Waals surface area contributed by atoms with E-state index in [9.17, 15) is 19.5 Å². The number of carboxylic acid groups (broad SMARTS) is 1. The Balaban J connectivity index is 2.22. The standard InChI is InChI=1S/C17H19NO6/c1-9-6-12(19)16-10(2)11(17(23)24-13(16)7-9)8-14(20)18-5-3-4-15(21)22/h6-7,19H,3-5,8H2,1-2H3,(H,18,20)(H,21,22). The average Bonchev–Trinajstić information content (AvgIpc) is 2.46. The van der Waals surface area contributed by atoms with Gasteiger partial charge >= 0.3 is 11.6 Å². The highest BCUT2D eigenvalue weighted by atomic mass is 16.4. The third-order valence-electron chi connectivity index (χ3n) is 3.73. The van der Waals surface area contributed by atoms with Crippen molar-refractivity contribution in [2.45, 2.75) is 33.1 Å². The lowest BCUT2D eigenvalue weighted by molar-refractivity contribution is -0.137. The number of hydrogen-bond donors (Lipinski definition) is 3. The number of hydrogen-bond acceptors (Lipinski definition) is 5. The quantitative estimate of drug-likeness (QED) is 0.546. The first-order valence-corrected chi connectivity index (χ1v) is 7.54. The van der Waals surface area contributed by atoms with Gasteiger partial charge in [0.15, 0.2) is 0 Å². The molecule has 3 N–H and O–H groups in total. The molecule has 0 bridgehead atoms. The van der Waals surface area contributed by atoms with Crippen LogP contribution >= 0.6 is 0 Å². The predicted molar refractivity (Wildman–Crippen MR) is 87.2 cm³/mol. The molecule has 7 heteroatoms. The maximum absolute atomic E-state index is 12.1. The third-order valence-corrected chi connectivity index (χ3v) is 3.73. The first-order valence-electron chi connectivity index (χ1n) is 7.54. The molecule has 2 rings (SSSR count). The SMILES string of the molecule is Cc1cc(O)c2c(C)c(CC(=O)NCCCC(=O)O)c(=O)oc2c1. The molecule has 1 aromatic carbocycles. The van der Waals surface area contributed by atoms with Gasteiger partial charge in [-0.2, -0.15) is 0 Å². The molecule has 0 radical (unpaired) electrons. The Bertz CT molecular complexity index is 852. The minimum Gasteiger partial charge on any atom is -0.507 e. The van der Waals surface area contributed by atoms with Crippen LogP contribution in [0.5, 0.6) is 5.75 Å². The molecule has 0 saturated carbocycles. The Morgan fingerprint density at radius 1 is 1.25 bits per heavy atom. The highest BCUT2D eigenvalue weighted by Crippen LogP contribution is 2.29. The highest BCUT2D eigenvalue weighted by molar-refractivity contribution is 5.89. The topological polar surface area (TPSA) is 117 Å². The number of fused-ring (bicyclic) bond motifs is 1.